The second-order valence-electron chi connectivity index (χ2n) is 5.47. The van der Waals surface area contributed by atoms with Crippen LogP contribution < -0.4 is 15.8 Å². The van der Waals surface area contributed by atoms with Crippen molar-refractivity contribution in [3.05, 3.63) is 71.9 Å². The standard InChI is InChI=1S/C18H17N5O3/c1-23-10-9-16(21-23)20-18(24)13-3-2-4-15(11-13)26-14-7-5-12(6-8-14)17(19)22-25/h2-11,25H,1H3,(H2,19,22)(H,20,21,24). The van der Waals surface area contributed by atoms with E-state index in [0.29, 0.717) is 28.4 Å². The minimum Gasteiger partial charge on any atom is -0.457 e. The molecule has 4 N–H and O–H groups in total. The second kappa shape index (κ2) is 7.39. The van der Waals surface area contributed by atoms with Crippen molar-refractivity contribution in [1.82, 2.24) is 9.78 Å². The summed E-state index contributed by atoms with van der Waals surface area (Å²) in [5, 5.41) is 18.4. The number of oxime groups is 1. The molecule has 0 atom stereocenters. The Kier molecular flexibility index (Phi) is 4.84. The fourth-order valence-corrected chi connectivity index (χ4v) is 2.26. The molecule has 0 aliphatic carbocycles. The number of ether oxygens (including phenoxy) is 1. The number of aryl methyl sites for hydroxylation is 1. The first kappa shape index (κ1) is 17.0. The molecule has 8 heteroatoms. The Labute approximate surface area is 149 Å². The molecule has 0 radical (unpaired) electrons. The van der Waals surface area contributed by atoms with Gasteiger partial charge in [0.15, 0.2) is 11.7 Å². The van der Waals surface area contributed by atoms with Gasteiger partial charge in [0.2, 0.25) is 0 Å². The van der Waals surface area contributed by atoms with Gasteiger partial charge in [-0.25, -0.2) is 0 Å². The van der Waals surface area contributed by atoms with Crippen LogP contribution in [0.4, 0.5) is 5.82 Å². The molecule has 3 aromatic rings. The van der Waals surface area contributed by atoms with Crippen molar-refractivity contribution < 1.29 is 14.7 Å². The highest BCUT2D eigenvalue weighted by Gasteiger charge is 2.09. The van der Waals surface area contributed by atoms with Crippen LogP contribution >= 0.6 is 0 Å². The zero-order valence-electron chi connectivity index (χ0n) is 14.0. The molecule has 0 fully saturated rings. The maximum absolute atomic E-state index is 12.3. The number of nitrogens with zero attached hydrogens (tertiary/aromatic N) is 3. The van der Waals surface area contributed by atoms with Gasteiger partial charge in [-0.05, 0) is 42.5 Å². The van der Waals surface area contributed by atoms with E-state index in [0.717, 1.165) is 0 Å². The highest BCUT2D eigenvalue weighted by molar-refractivity contribution is 6.04. The molecule has 0 saturated heterocycles. The normalized spacial score (nSPS) is 11.2. The lowest BCUT2D eigenvalue weighted by atomic mass is 10.2. The van der Waals surface area contributed by atoms with Crippen molar-refractivity contribution in [2.45, 2.75) is 0 Å². The van der Waals surface area contributed by atoms with Gasteiger partial charge in [0.05, 0.1) is 0 Å². The van der Waals surface area contributed by atoms with Gasteiger partial charge < -0.3 is 21.0 Å². The van der Waals surface area contributed by atoms with Gasteiger partial charge in [-0.3, -0.25) is 9.48 Å². The first-order valence-electron chi connectivity index (χ1n) is 7.72. The van der Waals surface area contributed by atoms with Crippen molar-refractivity contribution in [3.8, 4) is 11.5 Å². The number of nitrogens with one attached hydrogen (secondary N) is 1. The quantitative estimate of drug-likeness (QED) is 0.283. The predicted octanol–water partition coefficient (Wildman–Crippen LogP) is 2.56. The average Bonchev–Trinajstić information content (AvgIpc) is 3.06. The van der Waals surface area contributed by atoms with Crippen LogP contribution in [0.2, 0.25) is 0 Å². The summed E-state index contributed by atoms with van der Waals surface area (Å²) in [4.78, 5) is 12.3. The van der Waals surface area contributed by atoms with E-state index >= 15 is 0 Å². The number of amidine groups is 1. The topological polar surface area (TPSA) is 115 Å². The number of amides is 1. The number of nitrogens with two attached hydrogens (primary N) is 1. The average molecular weight is 351 g/mol. The third kappa shape index (κ3) is 3.99. The van der Waals surface area contributed by atoms with Crippen LogP contribution in [-0.2, 0) is 7.05 Å². The summed E-state index contributed by atoms with van der Waals surface area (Å²) in [6.45, 7) is 0. The number of hydrogen-bond acceptors (Lipinski definition) is 5. The molecule has 2 aromatic carbocycles. The van der Waals surface area contributed by atoms with Crippen LogP contribution in [0, 0.1) is 0 Å². The fourth-order valence-electron chi connectivity index (χ4n) is 2.26. The number of anilines is 1. The Bertz CT molecular complexity index is 947. The summed E-state index contributed by atoms with van der Waals surface area (Å²) in [5.41, 5.74) is 6.54. The van der Waals surface area contributed by atoms with E-state index < -0.39 is 0 Å². The van der Waals surface area contributed by atoms with Crippen LogP contribution in [0.3, 0.4) is 0 Å². The summed E-state index contributed by atoms with van der Waals surface area (Å²) in [5.74, 6) is 1.28. The van der Waals surface area contributed by atoms with Gasteiger partial charge in [0.1, 0.15) is 11.5 Å². The van der Waals surface area contributed by atoms with Gasteiger partial charge in [-0.1, -0.05) is 11.2 Å². The third-order valence-electron chi connectivity index (χ3n) is 3.54. The summed E-state index contributed by atoms with van der Waals surface area (Å²) in [7, 11) is 1.77. The van der Waals surface area contributed by atoms with Crippen LogP contribution in [0.15, 0.2) is 65.9 Å². The van der Waals surface area contributed by atoms with E-state index in [2.05, 4.69) is 15.6 Å². The molecule has 0 aliphatic heterocycles. The molecule has 0 saturated carbocycles. The lowest BCUT2D eigenvalue weighted by Gasteiger charge is -2.08. The summed E-state index contributed by atoms with van der Waals surface area (Å²) in [6, 6.07) is 15.2. The Morgan fingerprint density at radius 2 is 1.92 bits per heavy atom. The van der Waals surface area contributed by atoms with Crippen LogP contribution in [0.25, 0.3) is 0 Å². The number of carbonyl (C=O) groups excluding carboxylic acids is 1. The highest BCUT2D eigenvalue weighted by Crippen LogP contribution is 2.23. The van der Waals surface area contributed by atoms with E-state index in [9.17, 15) is 4.79 Å². The lowest BCUT2D eigenvalue weighted by Crippen LogP contribution is -2.12. The maximum atomic E-state index is 12.3. The molecule has 1 heterocycles. The maximum Gasteiger partial charge on any atom is 0.256 e. The van der Waals surface area contributed by atoms with Crippen molar-refractivity contribution in [3.63, 3.8) is 0 Å². The van der Waals surface area contributed by atoms with E-state index in [1.807, 2.05) is 0 Å². The van der Waals surface area contributed by atoms with Crippen molar-refractivity contribution in [2.24, 2.45) is 17.9 Å². The number of rotatable bonds is 5. The van der Waals surface area contributed by atoms with Gasteiger partial charge >= 0.3 is 0 Å². The summed E-state index contributed by atoms with van der Waals surface area (Å²) < 4.78 is 7.35. The molecule has 3 rings (SSSR count). The smallest absolute Gasteiger partial charge is 0.256 e. The van der Waals surface area contributed by atoms with Gasteiger partial charge in [-0.2, -0.15) is 5.10 Å². The first-order chi connectivity index (χ1) is 12.5. The molecular formula is C18H17N5O3. The largest absolute Gasteiger partial charge is 0.457 e. The molecule has 0 aliphatic rings. The van der Waals surface area contributed by atoms with E-state index in [4.69, 9.17) is 15.7 Å². The molecule has 1 amide bonds. The SMILES string of the molecule is Cn1ccc(NC(=O)c2cccc(Oc3ccc(/C(N)=N/O)cc3)c2)n1. The predicted molar refractivity (Wildman–Crippen MR) is 96.6 cm³/mol. The minimum atomic E-state index is -0.281. The Morgan fingerprint density at radius 3 is 2.58 bits per heavy atom. The van der Waals surface area contributed by atoms with Crippen LogP contribution in [0.5, 0.6) is 11.5 Å². The molecule has 0 unspecified atom stereocenters. The van der Waals surface area contributed by atoms with Gasteiger partial charge in [0.25, 0.3) is 5.91 Å². The van der Waals surface area contributed by atoms with Crippen molar-refractivity contribution in [2.75, 3.05) is 5.32 Å². The number of hydrogen-bond donors (Lipinski definition) is 3. The van der Waals surface area contributed by atoms with Crippen molar-refractivity contribution >= 4 is 17.6 Å². The van der Waals surface area contributed by atoms with Gasteiger partial charge in [-0.15, -0.1) is 0 Å². The van der Waals surface area contributed by atoms with E-state index in [1.165, 1.54) is 0 Å². The monoisotopic (exact) mass is 351 g/mol. The van der Waals surface area contributed by atoms with Crippen LogP contribution in [0.1, 0.15) is 15.9 Å². The molecule has 0 bridgehead atoms. The second-order valence-corrected chi connectivity index (χ2v) is 5.47. The zero-order chi connectivity index (χ0) is 18.5. The first-order valence-corrected chi connectivity index (χ1v) is 7.72. The fraction of sp³-hybridized carbons (Fsp3) is 0.0556. The van der Waals surface area contributed by atoms with E-state index in [-0.39, 0.29) is 11.7 Å². The molecule has 132 valence electrons. The zero-order valence-corrected chi connectivity index (χ0v) is 14.0. The highest BCUT2D eigenvalue weighted by atomic mass is 16.5. The minimum absolute atomic E-state index is 0.0183. The summed E-state index contributed by atoms with van der Waals surface area (Å²) >= 11 is 0. The van der Waals surface area contributed by atoms with Crippen LogP contribution in [-0.4, -0.2) is 26.7 Å². The molecule has 8 nitrogen and oxygen atoms in total. The Hall–Kier alpha value is -3.81. The molecule has 26 heavy (non-hydrogen) atoms. The van der Waals surface area contributed by atoms with Gasteiger partial charge in [0, 0.05) is 30.4 Å². The molecule has 1 aromatic heterocycles. The number of carbonyl (C=O) groups is 1. The number of benzene rings is 2. The Balaban J connectivity index is 1.71. The number of aromatic nitrogens is 2. The third-order valence-corrected chi connectivity index (χ3v) is 3.54. The van der Waals surface area contributed by atoms with Crippen molar-refractivity contribution in [1.29, 1.82) is 0 Å². The Morgan fingerprint density at radius 1 is 1.15 bits per heavy atom. The molecular weight excluding hydrogens is 334 g/mol. The van der Waals surface area contributed by atoms with E-state index in [1.54, 1.807) is 72.5 Å². The molecule has 0 spiro atoms. The lowest BCUT2D eigenvalue weighted by molar-refractivity contribution is 0.102. The summed E-state index contributed by atoms with van der Waals surface area (Å²) in [6.07, 6.45) is 1.74.